The molecule has 7 heteroatoms. The van der Waals surface area contributed by atoms with Gasteiger partial charge >= 0.3 is 11.6 Å². The van der Waals surface area contributed by atoms with Crippen LogP contribution in [0.25, 0.3) is 21.9 Å². The summed E-state index contributed by atoms with van der Waals surface area (Å²) in [6.45, 7) is 3.64. The predicted octanol–water partition coefficient (Wildman–Crippen LogP) is 3.64. The predicted molar refractivity (Wildman–Crippen MR) is 112 cm³/mol. The molecule has 158 valence electrons. The smallest absolute Gasteiger partial charge is 0.340 e. The maximum atomic E-state index is 12.6. The topological polar surface area (TPSA) is 110 Å². The molecule has 2 aromatic heterocycles. The van der Waals surface area contributed by atoms with Gasteiger partial charge in [0.05, 0.1) is 12.0 Å². The highest BCUT2D eigenvalue weighted by Crippen LogP contribution is 2.35. The van der Waals surface area contributed by atoms with E-state index < -0.39 is 23.5 Å². The molecule has 0 bridgehead atoms. The van der Waals surface area contributed by atoms with Crippen LogP contribution in [-0.2, 0) is 28.9 Å². The number of hydrogen-bond donors (Lipinski definition) is 2. The Kier molecular flexibility index (Phi) is 5.37. The number of amides is 1. The summed E-state index contributed by atoms with van der Waals surface area (Å²) in [6, 6.07) is 2.77. The number of hydrogen-bond acceptors (Lipinski definition) is 5. The van der Waals surface area contributed by atoms with Gasteiger partial charge in [-0.25, -0.2) is 9.59 Å². The van der Waals surface area contributed by atoms with E-state index in [1.807, 2.05) is 13.0 Å². The third-order valence-corrected chi connectivity index (χ3v) is 5.91. The largest absolute Gasteiger partial charge is 0.480 e. The molecule has 1 unspecified atom stereocenters. The molecule has 1 amide bonds. The van der Waals surface area contributed by atoms with Gasteiger partial charge in [0.25, 0.3) is 0 Å². The van der Waals surface area contributed by atoms with Gasteiger partial charge in [0.2, 0.25) is 5.91 Å². The number of aliphatic carboxylic acids is 1. The van der Waals surface area contributed by atoms with Crippen LogP contribution in [0.2, 0.25) is 0 Å². The van der Waals surface area contributed by atoms with Crippen molar-refractivity contribution in [1.82, 2.24) is 5.32 Å². The third kappa shape index (κ3) is 3.60. The van der Waals surface area contributed by atoms with Crippen molar-refractivity contribution in [2.75, 3.05) is 0 Å². The molecule has 1 aromatic carbocycles. The Hall–Kier alpha value is -3.09. The minimum atomic E-state index is -1.08. The molecule has 0 aliphatic heterocycles. The number of carbonyl (C=O) groups is 2. The van der Waals surface area contributed by atoms with Crippen molar-refractivity contribution in [1.29, 1.82) is 0 Å². The van der Waals surface area contributed by atoms with Crippen LogP contribution in [-0.4, -0.2) is 23.0 Å². The number of rotatable bonds is 6. The number of fused-ring (bicyclic) bond motifs is 4. The first-order chi connectivity index (χ1) is 14.4. The van der Waals surface area contributed by atoms with Crippen molar-refractivity contribution in [3.8, 4) is 0 Å². The van der Waals surface area contributed by atoms with Gasteiger partial charge in [0, 0.05) is 28.8 Å². The van der Waals surface area contributed by atoms with E-state index in [1.54, 1.807) is 13.0 Å². The second-order valence-electron chi connectivity index (χ2n) is 7.97. The van der Waals surface area contributed by atoms with E-state index in [0.717, 1.165) is 42.2 Å². The Labute approximate surface area is 173 Å². The van der Waals surface area contributed by atoms with Crippen molar-refractivity contribution < 1.29 is 23.5 Å². The minimum Gasteiger partial charge on any atom is -0.480 e. The SMILES string of the molecule is CCCC(NC(=O)Cc1c(C)c2cc3c4c(oc3cc2oc1=O)CCCC4)C(=O)O. The van der Waals surface area contributed by atoms with Gasteiger partial charge in [0.15, 0.2) is 0 Å². The summed E-state index contributed by atoms with van der Waals surface area (Å²) in [5.74, 6) is -0.589. The molecular weight excluding hydrogens is 386 g/mol. The summed E-state index contributed by atoms with van der Waals surface area (Å²) in [5, 5.41) is 13.5. The monoisotopic (exact) mass is 411 g/mol. The highest BCUT2D eigenvalue weighted by molar-refractivity contribution is 5.97. The first-order valence-corrected chi connectivity index (χ1v) is 10.4. The fourth-order valence-corrected chi connectivity index (χ4v) is 4.30. The molecule has 1 aliphatic carbocycles. The zero-order valence-corrected chi connectivity index (χ0v) is 17.2. The van der Waals surface area contributed by atoms with E-state index in [1.165, 1.54) is 5.56 Å². The van der Waals surface area contributed by atoms with Gasteiger partial charge in [-0.2, -0.15) is 0 Å². The van der Waals surface area contributed by atoms with Crippen LogP contribution < -0.4 is 10.9 Å². The number of aryl methyl sites for hydroxylation is 3. The van der Waals surface area contributed by atoms with Crippen LogP contribution >= 0.6 is 0 Å². The molecule has 0 saturated carbocycles. The molecule has 4 rings (SSSR count). The van der Waals surface area contributed by atoms with Crippen molar-refractivity contribution in [3.63, 3.8) is 0 Å². The van der Waals surface area contributed by atoms with E-state index in [9.17, 15) is 19.5 Å². The Morgan fingerprint density at radius 1 is 1.13 bits per heavy atom. The van der Waals surface area contributed by atoms with E-state index in [2.05, 4.69) is 5.32 Å². The van der Waals surface area contributed by atoms with Crippen molar-refractivity contribution in [2.24, 2.45) is 0 Å². The fraction of sp³-hybridized carbons (Fsp3) is 0.435. The van der Waals surface area contributed by atoms with E-state index in [4.69, 9.17) is 8.83 Å². The molecule has 2 N–H and O–H groups in total. The Morgan fingerprint density at radius 3 is 2.60 bits per heavy atom. The van der Waals surface area contributed by atoms with Crippen molar-refractivity contribution in [2.45, 2.75) is 64.8 Å². The van der Waals surface area contributed by atoms with Crippen LogP contribution in [0.3, 0.4) is 0 Å². The zero-order chi connectivity index (χ0) is 21.4. The molecule has 2 heterocycles. The average Bonchev–Trinajstić information content (AvgIpc) is 3.07. The van der Waals surface area contributed by atoms with Gasteiger partial charge in [0.1, 0.15) is 23.0 Å². The molecule has 7 nitrogen and oxygen atoms in total. The van der Waals surface area contributed by atoms with Gasteiger partial charge in [-0.05, 0) is 44.2 Å². The first-order valence-electron chi connectivity index (χ1n) is 10.4. The molecule has 0 saturated heterocycles. The summed E-state index contributed by atoms with van der Waals surface area (Å²) in [6.07, 6.45) is 4.84. The number of benzene rings is 1. The molecule has 3 aromatic rings. The molecule has 1 atom stereocenters. The Bertz CT molecular complexity index is 1200. The van der Waals surface area contributed by atoms with Crippen LogP contribution in [0.4, 0.5) is 0 Å². The fourth-order valence-electron chi connectivity index (χ4n) is 4.30. The third-order valence-electron chi connectivity index (χ3n) is 5.91. The maximum Gasteiger partial charge on any atom is 0.340 e. The summed E-state index contributed by atoms with van der Waals surface area (Å²) in [4.78, 5) is 36.3. The second-order valence-corrected chi connectivity index (χ2v) is 7.97. The lowest BCUT2D eigenvalue weighted by molar-refractivity contribution is -0.141. The Balaban J connectivity index is 1.72. The maximum absolute atomic E-state index is 12.6. The van der Waals surface area contributed by atoms with E-state index in [-0.39, 0.29) is 12.0 Å². The summed E-state index contributed by atoms with van der Waals surface area (Å²) in [5.41, 5.74) is 2.69. The normalized spacial score (nSPS) is 14.6. The standard InChI is InChI=1S/C23H25NO6/c1-3-6-17(22(26)27)24-21(25)10-15-12(2)14-9-16-13-7-4-5-8-18(13)29-20(16)11-19(14)30-23(15)28/h9,11,17H,3-8,10H2,1-2H3,(H,24,25)(H,26,27). The number of nitrogens with one attached hydrogen (secondary N) is 1. The number of carbonyl (C=O) groups excluding carboxylic acids is 1. The van der Waals surface area contributed by atoms with Gasteiger partial charge in [-0.3, -0.25) is 4.79 Å². The number of furan rings is 1. The zero-order valence-electron chi connectivity index (χ0n) is 17.2. The summed E-state index contributed by atoms with van der Waals surface area (Å²) >= 11 is 0. The lowest BCUT2D eigenvalue weighted by atomic mass is 9.94. The summed E-state index contributed by atoms with van der Waals surface area (Å²) in [7, 11) is 0. The van der Waals surface area contributed by atoms with Crippen LogP contribution in [0.5, 0.6) is 0 Å². The first kappa shape index (κ1) is 20.2. The number of carboxylic acids is 1. The van der Waals surface area contributed by atoms with Gasteiger partial charge in [-0.1, -0.05) is 13.3 Å². The lowest BCUT2D eigenvalue weighted by Crippen LogP contribution is -2.41. The van der Waals surface area contributed by atoms with E-state index >= 15 is 0 Å². The van der Waals surface area contributed by atoms with Crippen LogP contribution in [0.1, 0.15) is 55.1 Å². The van der Waals surface area contributed by atoms with Crippen LogP contribution in [0.15, 0.2) is 25.8 Å². The second kappa shape index (κ2) is 7.97. The molecule has 30 heavy (non-hydrogen) atoms. The average molecular weight is 411 g/mol. The number of carboxylic acid groups (broad SMARTS) is 1. The molecule has 0 fully saturated rings. The van der Waals surface area contributed by atoms with Crippen LogP contribution in [0, 0.1) is 6.92 Å². The molecule has 0 spiro atoms. The molecule has 0 radical (unpaired) electrons. The highest BCUT2D eigenvalue weighted by Gasteiger charge is 2.23. The van der Waals surface area contributed by atoms with E-state index in [0.29, 0.717) is 29.6 Å². The molecule has 1 aliphatic rings. The molecular formula is C23H25NO6. The van der Waals surface area contributed by atoms with Gasteiger partial charge < -0.3 is 19.3 Å². The highest BCUT2D eigenvalue weighted by atomic mass is 16.4. The Morgan fingerprint density at radius 2 is 1.87 bits per heavy atom. The quantitative estimate of drug-likeness (QED) is 0.599. The summed E-state index contributed by atoms with van der Waals surface area (Å²) < 4.78 is 11.5. The van der Waals surface area contributed by atoms with Crippen molar-refractivity contribution in [3.05, 3.63) is 45.0 Å². The van der Waals surface area contributed by atoms with Crippen molar-refractivity contribution >= 4 is 33.8 Å². The lowest BCUT2D eigenvalue weighted by Gasteiger charge is -2.14. The van der Waals surface area contributed by atoms with Gasteiger partial charge in [-0.15, -0.1) is 0 Å². The minimum absolute atomic E-state index is 0.223.